The average Bonchev–Trinajstić information content (AvgIpc) is 2.19. The summed E-state index contributed by atoms with van der Waals surface area (Å²) in [5, 5.41) is 3.81. The average molecular weight is 180 g/mol. The van der Waals surface area contributed by atoms with Gasteiger partial charge >= 0.3 is 0 Å². The molecule has 0 saturated carbocycles. The molecule has 0 unspecified atom stereocenters. The monoisotopic (exact) mass is 180 g/mol. The van der Waals surface area contributed by atoms with Gasteiger partial charge in [-0.05, 0) is 38.2 Å². The predicted molar refractivity (Wildman–Crippen MR) is 54.6 cm³/mol. The Balaban J connectivity index is 2.10. The van der Waals surface area contributed by atoms with Gasteiger partial charge in [-0.15, -0.1) is 0 Å². The zero-order valence-corrected chi connectivity index (χ0v) is 8.38. The number of hydrogen-bond donors (Lipinski definition) is 0. The summed E-state index contributed by atoms with van der Waals surface area (Å²) >= 11 is 0. The molecule has 73 valence electrons. The Kier molecular flexibility index (Phi) is 5.30. The molecule has 0 aromatic carbocycles. The van der Waals surface area contributed by atoms with Crippen LogP contribution >= 0.6 is 0 Å². The maximum atomic E-state index is 5.20. The van der Waals surface area contributed by atoms with E-state index in [1.54, 1.807) is 0 Å². The minimum absolute atomic E-state index is 0.907. The first-order valence-electron chi connectivity index (χ1n) is 5.22. The molecule has 0 saturated heterocycles. The maximum Gasteiger partial charge on any atom is 0.131 e. The fourth-order valence-electron chi connectivity index (χ4n) is 1.28. The highest BCUT2D eigenvalue weighted by Crippen LogP contribution is 2.17. The Morgan fingerprint density at radius 1 is 1.54 bits per heavy atom. The second-order valence-corrected chi connectivity index (χ2v) is 3.36. The zero-order chi connectivity index (χ0) is 9.36. The molecule has 0 bridgehead atoms. The highest BCUT2D eigenvalue weighted by molar-refractivity contribution is 5.56. The van der Waals surface area contributed by atoms with Crippen LogP contribution in [0.5, 0.6) is 0 Å². The number of hydrogen-bond acceptors (Lipinski definition) is 2. The van der Waals surface area contributed by atoms with Gasteiger partial charge in [0.05, 0.1) is 0 Å². The number of allylic oxidation sites excluding steroid dienone is 2. The van der Waals surface area contributed by atoms with Crippen LogP contribution in [0.3, 0.4) is 0 Å². The van der Waals surface area contributed by atoms with Crippen molar-refractivity contribution in [2.45, 2.75) is 51.9 Å². The Hall–Kier alpha value is -0.790. The van der Waals surface area contributed by atoms with E-state index in [2.05, 4.69) is 24.4 Å². The smallest absolute Gasteiger partial charge is 0.131 e. The summed E-state index contributed by atoms with van der Waals surface area (Å²) in [7, 11) is 0. The lowest BCUT2D eigenvalue weighted by Crippen LogP contribution is -1.93. The molecule has 13 heavy (non-hydrogen) atoms. The standard InChI is InChI=1S/C11H18NO/c1-2-3-7-10-12-13-11-8-5-4-6-9-11/h8H,2-7,9H2,1H3. The number of rotatable bonds is 5. The van der Waals surface area contributed by atoms with Gasteiger partial charge in [0.1, 0.15) is 12.0 Å². The van der Waals surface area contributed by atoms with E-state index in [-0.39, 0.29) is 0 Å². The summed E-state index contributed by atoms with van der Waals surface area (Å²) in [5.74, 6) is 1.02. The molecule has 0 spiro atoms. The van der Waals surface area contributed by atoms with Crippen molar-refractivity contribution < 1.29 is 4.84 Å². The highest BCUT2D eigenvalue weighted by atomic mass is 16.6. The minimum atomic E-state index is 0.907. The van der Waals surface area contributed by atoms with Gasteiger partial charge in [-0.3, -0.25) is 0 Å². The molecule has 0 aromatic heterocycles. The highest BCUT2D eigenvalue weighted by Gasteiger charge is 2.03. The molecule has 0 heterocycles. The molecule has 0 N–H and O–H groups in total. The van der Waals surface area contributed by atoms with E-state index in [1.807, 2.05) is 0 Å². The molecule has 0 amide bonds. The third-order valence-corrected chi connectivity index (χ3v) is 2.12. The quantitative estimate of drug-likeness (QED) is 0.360. The molecule has 0 aromatic rings. The van der Waals surface area contributed by atoms with E-state index >= 15 is 0 Å². The zero-order valence-electron chi connectivity index (χ0n) is 8.38. The van der Waals surface area contributed by atoms with E-state index < -0.39 is 0 Å². The van der Waals surface area contributed by atoms with Crippen LogP contribution in [0.2, 0.25) is 0 Å². The molecular weight excluding hydrogens is 162 g/mol. The van der Waals surface area contributed by atoms with E-state index in [0.29, 0.717) is 0 Å². The van der Waals surface area contributed by atoms with Gasteiger partial charge in [0.25, 0.3) is 0 Å². The van der Waals surface area contributed by atoms with Gasteiger partial charge in [-0.2, -0.15) is 0 Å². The van der Waals surface area contributed by atoms with E-state index in [4.69, 9.17) is 4.84 Å². The van der Waals surface area contributed by atoms with Crippen LogP contribution in [-0.2, 0) is 4.84 Å². The van der Waals surface area contributed by atoms with Crippen LogP contribution in [0.1, 0.15) is 51.9 Å². The Morgan fingerprint density at radius 3 is 3.15 bits per heavy atom. The fourth-order valence-corrected chi connectivity index (χ4v) is 1.28. The predicted octanol–water partition coefficient (Wildman–Crippen LogP) is 3.51. The number of nitrogens with zero attached hydrogens (tertiary/aromatic N) is 1. The van der Waals surface area contributed by atoms with E-state index in [9.17, 15) is 0 Å². The van der Waals surface area contributed by atoms with Gasteiger partial charge in [0.2, 0.25) is 0 Å². The summed E-state index contributed by atoms with van der Waals surface area (Å²) in [5.41, 5.74) is 0. The first kappa shape index (κ1) is 10.3. The van der Waals surface area contributed by atoms with Crippen LogP contribution in [0, 0.1) is 0 Å². The topological polar surface area (TPSA) is 21.6 Å². The van der Waals surface area contributed by atoms with Crippen LogP contribution in [-0.4, -0.2) is 6.21 Å². The van der Waals surface area contributed by atoms with Crippen molar-refractivity contribution in [3.63, 3.8) is 0 Å². The second kappa shape index (κ2) is 6.70. The lowest BCUT2D eigenvalue weighted by molar-refractivity contribution is 0.209. The summed E-state index contributed by atoms with van der Waals surface area (Å²) in [6.45, 7) is 2.16. The van der Waals surface area contributed by atoms with Crippen molar-refractivity contribution in [1.29, 1.82) is 0 Å². The molecule has 1 radical (unpaired) electrons. The lowest BCUT2D eigenvalue weighted by atomic mass is 10.1. The van der Waals surface area contributed by atoms with Crippen LogP contribution in [0.4, 0.5) is 0 Å². The molecule has 2 heteroatoms. The third kappa shape index (κ3) is 4.71. The molecule has 1 aliphatic carbocycles. The van der Waals surface area contributed by atoms with Gasteiger partial charge in [0, 0.05) is 6.42 Å². The van der Waals surface area contributed by atoms with Crippen LogP contribution < -0.4 is 0 Å². The van der Waals surface area contributed by atoms with Gasteiger partial charge < -0.3 is 4.84 Å². The second-order valence-electron chi connectivity index (χ2n) is 3.36. The molecule has 0 atom stereocenters. The summed E-state index contributed by atoms with van der Waals surface area (Å²) < 4.78 is 0. The first-order chi connectivity index (χ1) is 6.43. The third-order valence-electron chi connectivity index (χ3n) is 2.12. The molecular formula is C11H18NO. The fraction of sp³-hybridized carbons (Fsp3) is 0.727. The number of unbranched alkanes of at least 4 members (excludes halogenated alkanes) is 2. The minimum Gasteiger partial charge on any atom is -0.362 e. The van der Waals surface area contributed by atoms with Crippen molar-refractivity contribution >= 4 is 6.21 Å². The summed E-state index contributed by atoms with van der Waals surface area (Å²) in [4.78, 5) is 5.20. The van der Waals surface area contributed by atoms with E-state index in [1.165, 1.54) is 19.3 Å². The Labute approximate surface area is 80.7 Å². The molecule has 0 aliphatic heterocycles. The lowest BCUT2D eigenvalue weighted by Gasteiger charge is -2.08. The summed E-state index contributed by atoms with van der Waals surface area (Å²) in [6.07, 6.45) is 13.0. The van der Waals surface area contributed by atoms with Gasteiger partial charge in [-0.1, -0.05) is 18.5 Å². The van der Waals surface area contributed by atoms with Crippen molar-refractivity contribution in [3.05, 3.63) is 11.8 Å². The van der Waals surface area contributed by atoms with Crippen molar-refractivity contribution in [2.24, 2.45) is 5.16 Å². The van der Waals surface area contributed by atoms with Crippen molar-refractivity contribution in [2.75, 3.05) is 0 Å². The van der Waals surface area contributed by atoms with E-state index in [0.717, 1.165) is 31.4 Å². The largest absolute Gasteiger partial charge is 0.362 e. The molecule has 2 nitrogen and oxygen atoms in total. The molecule has 1 aliphatic rings. The SMILES string of the molecule is CCCC/[C]=N/OC1=CCCCC1. The van der Waals surface area contributed by atoms with Crippen LogP contribution in [0.25, 0.3) is 0 Å². The normalized spacial score (nSPS) is 17.5. The first-order valence-corrected chi connectivity index (χ1v) is 5.22. The van der Waals surface area contributed by atoms with Crippen molar-refractivity contribution in [3.8, 4) is 0 Å². The maximum absolute atomic E-state index is 5.20. The Bertz CT molecular complexity index is 185. The molecule has 0 fully saturated rings. The van der Waals surface area contributed by atoms with Crippen LogP contribution in [0.15, 0.2) is 17.0 Å². The molecule has 1 rings (SSSR count). The van der Waals surface area contributed by atoms with Crippen molar-refractivity contribution in [1.82, 2.24) is 0 Å². The van der Waals surface area contributed by atoms with Gasteiger partial charge in [-0.25, -0.2) is 0 Å². The summed E-state index contributed by atoms with van der Waals surface area (Å²) in [6, 6.07) is 0. The Morgan fingerprint density at radius 2 is 2.46 bits per heavy atom. The van der Waals surface area contributed by atoms with Gasteiger partial charge in [0.15, 0.2) is 0 Å².